The van der Waals surface area contributed by atoms with Gasteiger partial charge in [0.25, 0.3) is 0 Å². The van der Waals surface area contributed by atoms with E-state index in [0.29, 0.717) is 6.42 Å². The molecule has 0 aromatic heterocycles. The summed E-state index contributed by atoms with van der Waals surface area (Å²) in [6, 6.07) is 16.3. The average Bonchev–Trinajstić information content (AvgIpc) is 2.39. The largest absolute Gasteiger partial charge is 0.240 e. The highest BCUT2D eigenvalue weighted by Crippen LogP contribution is 2.16. The highest BCUT2D eigenvalue weighted by Gasteiger charge is 2.17. The Morgan fingerprint density at radius 2 is 1.80 bits per heavy atom. The molecule has 0 aliphatic heterocycles. The van der Waals surface area contributed by atoms with Crippen molar-refractivity contribution in [1.82, 2.24) is 4.72 Å². The molecule has 0 amide bonds. The van der Waals surface area contributed by atoms with Gasteiger partial charge in [-0.3, -0.25) is 0 Å². The van der Waals surface area contributed by atoms with E-state index in [0.717, 1.165) is 10.0 Å². The van der Waals surface area contributed by atoms with Crippen LogP contribution in [0.4, 0.5) is 0 Å². The Morgan fingerprint density at radius 3 is 2.45 bits per heavy atom. The Balaban J connectivity index is 2.08. The SMILES string of the molecule is CC(Cc1ccccc1)NS(=O)(=O)c1cccc(Br)c1. The fourth-order valence-electron chi connectivity index (χ4n) is 1.98. The van der Waals surface area contributed by atoms with E-state index < -0.39 is 10.0 Å². The first-order valence-corrected chi connectivity index (χ1v) is 8.57. The fraction of sp³-hybridized carbons (Fsp3) is 0.200. The highest BCUT2D eigenvalue weighted by molar-refractivity contribution is 9.10. The number of sulfonamides is 1. The van der Waals surface area contributed by atoms with Gasteiger partial charge in [-0.05, 0) is 37.1 Å². The summed E-state index contributed by atoms with van der Waals surface area (Å²) in [4.78, 5) is 0.270. The summed E-state index contributed by atoms with van der Waals surface area (Å²) in [5.41, 5.74) is 1.11. The van der Waals surface area contributed by atoms with Crippen molar-refractivity contribution in [2.24, 2.45) is 0 Å². The molecule has 2 rings (SSSR count). The third-order valence-electron chi connectivity index (χ3n) is 2.85. The van der Waals surface area contributed by atoms with E-state index in [1.54, 1.807) is 24.3 Å². The maximum absolute atomic E-state index is 12.3. The minimum Gasteiger partial charge on any atom is -0.208 e. The lowest BCUT2D eigenvalue weighted by Crippen LogP contribution is -2.34. The maximum atomic E-state index is 12.3. The second kappa shape index (κ2) is 6.52. The molecule has 3 nitrogen and oxygen atoms in total. The second-order valence-corrected chi connectivity index (χ2v) is 7.30. The van der Waals surface area contributed by atoms with E-state index in [9.17, 15) is 8.42 Å². The Bertz CT molecular complexity index is 671. The summed E-state index contributed by atoms with van der Waals surface area (Å²) in [6.07, 6.45) is 0.661. The predicted octanol–water partition coefficient (Wildman–Crippen LogP) is 3.36. The molecule has 0 fully saturated rings. The van der Waals surface area contributed by atoms with Gasteiger partial charge in [-0.2, -0.15) is 0 Å². The monoisotopic (exact) mass is 353 g/mol. The molecule has 0 radical (unpaired) electrons. The van der Waals surface area contributed by atoms with Crippen LogP contribution in [-0.2, 0) is 16.4 Å². The first-order chi connectivity index (χ1) is 9.47. The second-order valence-electron chi connectivity index (χ2n) is 4.67. The van der Waals surface area contributed by atoms with Gasteiger partial charge in [-0.15, -0.1) is 0 Å². The number of hydrogen-bond acceptors (Lipinski definition) is 2. The van der Waals surface area contributed by atoms with Crippen molar-refractivity contribution in [3.8, 4) is 0 Å². The van der Waals surface area contributed by atoms with Gasteiger partial charge in [0.05, 0.1) is 4.90 Å². The molecule has 2 aromatic rings. The minimum atomic E-state index is -3.48. The molecule has 0 bridgehead atoms. The van der Waals surface area contributed by atoms with E-state index >= 15 is 0 Å². The van der Waals surface area contributed by atoms with Crippen LogP contribution in [0.25, 0.3) is 0 Å². The average molecular weight is 354 g/mol. The zero-order valence-corrected chi connectivity index (χ0v) is 13.5. The number of nitrogens with one attached hydrogen (secondary N) is 1. The first kappa shape index (κ1) is 15.2. The minimum absolute atomic E-state index is 0.165. The van der Waals surface area contributed by atoms with E-state index in [1.165, 1.54) is 0 Å². The standard InChI is InChI=1S/C15H16BrNO2S/c1-12(10-13-6-3-2-4-7-13)17-20(18,19)15-9-5-8-14(16)11-15/h2-9,11-12,17H,10H2,1H3. The van der Waals surface area contributed by atoms with Gasteiger partial charge >= 0.3 is 0 Å². The summed E-state index contributed by atoms with van der Waals surface area (Å²) in [7, 11) is -3.48. The molecule has 0 saturated carbocycles. The zero-order chi connectivity index (χ0) is 14.6. The van der Waals surface area contributed by atoms with Crippen molar-refractivity contribution in [3.05, 3.63) is 64.6 Å². The van der Waals surface area contributed by atoms with Crippen LogP contribution in [0.2, 0.25) is 0 Å². The molecule has 0 saturated heterocycles. The normalized spacial score (nSPS) is 13.1. The van der Waals surface area contributed by atoms with Crippen LogP contribution in [0.5, 0.6) is 0 Å². The van der Waals surface area contributed by atoms with Crippen LogP contribution in [0.3, 0.4) is 0 Å². The Labute approximate surface area is 128 Å². The maximum Gasteiger partial charge on any atom is 0.240 e. The molecule has 1 N–H and O–H groups in total. The van der Waals surface area contributed by atoms with Crippen molar-refractivity contribution in [2.75, 3.05) is 0 Å². The van der Waals surface area contributed by atoms with Crippen molar-refractivity contribution < 1.29 is 8.42 Å². The third kappa shape index (κ3) is 4.16. The lowest BCUT2D eigenvalue weighted by molar-refractivity contribution is 0.559. The quantitative estimate of drug-likeness (QED) is 0.895. The lowest BCUT2D eigenvalue weighted by Gasteiger charge is -2.14. The lowest BCUT2D eigenvalue weighted by atomic mass is 10.1. The molecule has 2 aromatic carbocycles. The molecule has 5 heteroatoms. The van der Waals surface area contributed by atoms with Crippen molar-refractivity contribution in [1.29, 1.82) is 0 Å². The zero-order valence-electron chi connectivity index (χ0n) is 11.1. The van der Waals surface area contributed by atoms with Gasteiger partial charge < -0.3 is 0 Å². The topological polar surface area (TPSA) is 46.2 Å². The van der Waals surface area contributed by atoms with Gasteiger partial charge in [0.2, 0.25) is 10.0 Å². The van der Waals surface area contributed by atoms with Crippen LogP contribution in [-0.4, -0.2) is 14.5 Å². The molecule has 0 aliphatic rings. The van der Waals surface area contributed by atoms with Gasteiger partial charge in [-0.1, -0.05) is 52.3 Å². The van der Waals surface area contributed by atoms with E-state index in [1.807, 2.05) is 37.3 Å². The molecular formula is C15H16BrNO2S. The number of halogens is 1. The van der Waals surface area contributed by atoms with Crippen molar-refractivity contribution in [3.63, 3.8) is 0 Å². The molecule has 106 valence electrons. The fourth-order valence-corrected chi connectivity index (χ4v) is 3.82. The van der Waals surface area contributed by atoms with Crippen molar-refractivity contribution >= 4 is 26.0 Å². The molecule has 20 heavy (non-hydrogen) atoms. The number of hydrogen-bond donors (Lipinski definition) is 1. The van der Waals surface area contributed by atoms with Gasteiger partial charge in [0.1, 0.15) is 0 Å². The van der Waals surface area contributed by atoms with Crippen molar-refractivity contribution in [2.45, 2.75) is 24.3 Å². The van der Waals surface area contributed by atoms with E-state index in [4.69, 9.17) is 0 Å². The molecule has 1 atom stereocenters. The van der Waals surface area contributed by atoms with E-state index in [-0.39, 0.29) is 10.9 Å². The third-order valence-corrected chi connectivity index (χ3v) is 4.93. The molecule has 0 aliphatic carbocycles. The Kier molecular flexibility index (Phi) is 4.96. The number of rotatable bonds is 5. The summed E-state index contributed by atoms with van der Waals surface area (Å²) < 4.78 is 28.0. The number of benzene rings is 2. The van der Waals surface area contributed by atoms with Gasteiger partial charge in [-0.25, -0.2) is 13.1 Å². The molecule has 0 spiro atoms. The summed E-state index contributed by atoms with van der Waals surface area (Å²) in [6.45, 7) is 1.86. The van der Waals surface area contributed by atoms with Crippen LogP contribution in [0, 0.1) is 0 Å². The van der Waals surface area contributed by atoms with E-state index in [2.05, 4.69) is 20.7 Å². The van der Waals surface area contributed by atoms with Gasteiger partial charge in [0, 0.05) is 10.5 Å². The van der Waals surface area contributed by atoms with Crippen LogP contribution >= 0.6 is 15.9 Å². The predicted molar refractivity (Wildman–Crippen MR) is 84.1 cm³/mol. The van der Waals surface area contributed by atoms with Gasteiger partial charge in [0.15, 0.2) is 0 Å². The highest BCUT2D eigenvalue weighted by atomic mass is 79.9. The Hall–Kier alpha value is -1.17. The molecular weight excluding hydrogens is 338 g/mol. The molecule has 0 heterocycles. The Morgan fingerprint density at radius 1 is 1.10 bits per heavy atom. The molecule has 1 unspecified atom stereocenters. The van der Waals surface area contributed by atoms with Crippen LogP contribution in [0.15, 0.2) is 64.0 Å². The van der Waals surface area contributed by atoms with Crippen LogP contribution in [0.1, 0.15) is 12.5 Å². The smallest absolute Gasteiger partial charge is 0.208 e. The van der Waals surface area contributed by atoms with Crippen LogP contribution < -0.4 is 4.72 Å². The summed E-state index contributed by atoms with van der Waals surface area (Å²) >= 11 is 3.28. The summed E-state index contributed by atoms with van der Waals surface area (Å²) in [5.74, 6) is 0. The first-order valence-electron chi connectivity index (χ1n) is 6.29. The summed E-state index contributed by atoms with van der Waals surface area (Å²) in [5, 5.41) is 0.